The van der Waals surface area contributed by atoms with E-state index in [0.717, 1.165) is 12.8 Å². The Kier molecular flexibility index (Phi) is 4.14. The number of carbonyl (C=O) groups is 2. The summed E-state index contributed by atoms with van der Waals surface area (Å²) in [5.41, 5.74) is 1.54. The SMILES string of the molecule is COc1ccc([C@H]2Nc3ccccc3C(=O)N2C2CC2)c(C(=O)[O-])c1OC. The van der Waals surface area contributed by atoms with Gasteiger partial charge in [0.1, 0.15) is 6.17 Å². The zero-order valence-corrected chi connectivity index (χ0v) is 15.0. The van der Waals surface area contributed by atoms with Gasteiger partial charge in [0.25, 0.3) is 5.91 Å². The average molecular weight is 367 g/mol. The molecule has 0 radical (unpaired) electrons. The summed E-state index contributed by atoms with van der Waals surface area (Å²) in [5, 5.41) is 15.3. The molecule has 1 amide bonds. The molecule has 2 aliphatic rings. The van der Waals surface area contributed by atoms with Crippen molar-refractivity contribution in [3.63, 3.8) is 0 Å². The van der Waals surface area contributed by atoms with Crippen LogP contribution in [0.2, 0.25) is 0 Å². The second-order valence-corrected chi connectivity index (χ2v) is 6.59. The highest BCUT2D eigenvalue weighted by molar-refractivity contribution is 6.02. The van der Waals surface area contributed by atoms with Crippen LogP contribution in [-0.2, 0) is 0 Å². The molecule has 2 aromatic carbocycles. The Bertz CT molecular complexity index is 923. The molecule has 1 aliphatic heterocycles. The molecular formula is C20H19N2O5-. The minimum absolute atomic E-state index is 0.0751. The number of nitrogens with zero attached hydrogens (tertiary/aromatic N) is 1. The number of benzene rings is 2. The van der Waals surface area contributed by atoms with Crippen molar-refractivity contribution in [2.24, 2.45) is 0 Å². The van der Waals surface area contributed by atoms with Crippen molar-refractivity contribution in [1.82, 2.24) is 4.90 Å². The maximum absolute atomic E-state index is 13.1. The van der Waals surface area contributed by atoms with E-state index in [1.807, 2.05) is 18.2 Å². The summed E-state index contributed by atoms with van der Waals surface area (Å²) in [6.45, 7) is 0. The lowest BCUT2D eigenvalue weighted by atomic mass is 9.98. The van der Waals surface area contributed by atoms with Gasteiger partial charge in [-0.2, -0.15) is 0 Å². The zero-order valence-electron chi connectivity index (χ0n) is 15.0. The van der Waals surface area contributed by atoms with Gasteiger partial charge in [0.2, 0.25) is 0 Å². The lowest BCUT2D eigenvalue weighted by Gasteiger charge is -2.39. The smallest absolute Gasteiger partial charge is 0.258 e. The number of para-hydroxylation sites is 1. The maximum atomic E-state index is 13.1. The first kappa shape index (κ1) is 17.2. The molecule has 2 aromatic rings. The number of carbonyl (C=O) groups excluding carboxylic acids is 2. The van der Waals surface area contributed by atoms with E-state index in [0.29, 0.717) is 22.6 Å². The van der Waals surface area contributed by atoms with Crippen molar-refractivity contribution in [3.8, 4) is 11.5 Å². The average Bonchev–Trinajstić information content (AvgIpc) is 3.51. The minimum Gasteiger partial charge on any atom is -0.545 e. The third-order valence-corrected chi connectivity index (χ3v) is 4.98. The normalized spacial score (nSPS) is 18.5. The maximum Gasteiger partial charge on any atom is 0.258 e. The first-order valence-electron chi connectivity index (χ1n) is 8.71. The van der Waals surface area contributed by atoms with Crippen LogP contribution in [0.15, 0.2) is 36.4 Å². The summed E-state index contributed by atoms with van der Waals surface area (Å²) < 4.78 is 10.5. The summed E-state index contributed by atoms with van der Waals surface area (Å²) in [7, 11) is 2.81. The number of nitrogens with one attached hydrogen (secondary N) is 1. The molecule has 4 rings (SSSR count). The van der Waals surface area contributed by atoms with Crippen LogP contribution in [0.1, 0.15) is 45.3 Å². The Labute approximate surface area is 156 Å². The van der Waals surface area contributed by atoms with Crippen molar-refractivity contribution in [1.29, 1.82) is 0 Å². The van der Waals surface area contributed by atoms with E-state index in [1.54, 1.807) is 23.1 Å². The standard InChI is InChI=1S/C20H20N2O5/c1-26-15-10-9-13(16(20(24)25)17(15)27-2)18-21-14-6-4-3-5-12(14)19(23)22(18)11-7-8-11/h3-6,9-11,18,21H,7-8H2,1-2H3,(H,24,25)/p-1/t18-/m0/s1. The number of carboxylic acids is 1. The van der Waals surface area contributed by atoms with Crippen LogP contribution in [0.4, 0.5) is 5.69 Å². The Balaban J connectivity index is 1.89. The fourth-order valence-corrected chi connectivity index (χ4v) is 3.61. The van der Waals surface area contributed by atoms with Crippen molar-refractivity contribution in [2.75, 3.05) is 19.5 Å². The highest BCUT2D eigenvalue weighted by Crippen LogP contribution is 2.44. The second kappa shape index (κ2) is 6.50. The number of anilines is 1. The van der Waals surface area contributed by atoms with Crippen LogP contribution in [0.25, 0.3) is 0 Å². The quantitative estimate of drug-likeness (QED) is 0.867. The monoisotopic (exact) mass is 367 g/mol. The van der Waals surface area contributed by atoms with Gasteiger partial charge < -0.3 is 29.6 Å². The Hall–Kier alpha value is -3.22. The molecule has 7 heteroatoms. The highest BCUT2D eigenvalue weighted by Gasteiger charge is 2.43. The molecule has 0 spiro atoms. The van der Waals surface area contributed by atoms with E-state index in [4.69, 9.17) is 9.47 Å². The molecule has 1 saturated carbocycles. The van der Waals surface area contributed by atoms with E-state index in [2.05, 4.69) is 5.32 Å². The van der Waals surface area contributed by atoms with Gasteiger partial charge in [0.15, 0.2) is 11.5 Å². The van der Waals surface area contributed by atoms with Crippen molar-refractivity contribution >= 4 is 17.6 Å². The summed E-state index contributed by atoms with van der Waals surface area (Å²) in [4.78, 5) is 26.8. The van der Waals surface area contributed by atoms with Gasteiger partial charge in [-0.05, 0) is 31.0 Å². The number of hydrogen-bond donors (Lipinski definition) is 1. The lowest BCUT2D eigenvalue weighted by molar-refractivity contribution is -0.255. The Morgan fingerprint density at radius 3 is 2.52 bits per heavy atom. The van der Waals surface area contributed by atoms with Gasteiger partial charge in [-0.15, -0.1) is 0 Å². The van der Waals surface area contributed by atoms with Crippen molar-refractivity contribution in [2.45, 2.75) is 25.0 Å². The van der Waals surface area contributed by atoms with Gasteiger partial charge in [-0.1, -0.05) is 18.2 Å². The molecule has 1 atom stereocenters. The van der Waals surface area contributed by atoms with Crippen LogP contribution >= 0.6 is 0 Å². The van der Waals surface area contributed by atoms with E-state index in [9.17, 15) is 14.7 Å². The summed E-state index contributed by atoms with van der Waals surface area (Å²) in [6.07, 6.45) is 1.15. The number of fused-ring (bicyclic) bond motifs is 1. The van der Waals surface area contributed by atoms with Crippen LogP contribution in [-0.4, -0.2) is 37.0 Å². The number of ether oxygens (including phenoxy) is 2. The topological polar surface area (TPSA) is 90.9 Å². The molecule has 0 saturated heterocycles. The highest BCUT2D eigenvalue weighted by atomic mass is 16.5. The van der Waals surface area contributed by atoms with Gasteiger partial charge in [0, 0.05) is 17.3 Å². The van der Waals surface area contributed by atoms with Crippen LogP contribution in [0, 0.1) is 0 Å². The molecular weight excluding hydrogens is 348 g/mol. The van der Waals surface area contributed by atoms with Gasteiger partial charge >= 0.3 is 0 Å². The predicted octanol–water partition coefficient (Wildman–Crippen LogP) is 1.80. The first-order valence-corrected chi connectivity index (χ1v) is 8.71. The molecule has 0 unspecified atom stereocenters. The van der Waals surface area contributed by atoms with Crippen LogP contribution in [0.3, 0.4) is 0 Å². The van der Waals surface area contributed by atoms with Crippen molar-refractivity contribution < 1.29 is 24.2 Å². The second-order valence-electron chi connectivity index (χ2n) is 6.59. The molecule has 7 nitrogen and oxygen atoms in total. The molecule has 1 fully saturated rings. The Morgan fingerprint density at radius 2 is 1.89 bits per heavy atom. The number of aromatic carboxylic acids is 1. The van der Waals surface area contributed by atoms with Crippen LogP contribution in [0.5, 0.6) is 11.5 Å². The van der Waals surface area contributed by atoms with E-state index in [1.165, 1.54) is 14.2 Å². The number of hydrogen-bond acceptors (Lipinski definition) is 6. The minimum atomic E-state index is -1.38. The van der Waals surface area contributed by atoms with E-state index in [-0.39, 0.29) is 23.3 Å². The summed E-state index contributed by atoms with van der Waals surface area (Å²) in [5.74, 6) is -1.12. The molecule has 0 bridgehead atoms. The molecule has 0 aromatic heterocycles. The van der Waals surface area contributed by atoms with Gasteiger partial charge in [-0.25, -0.2) is 0 Å². The third kappa shape index (κ3) is 2.75. The lowest BCUT2D eigenvalue weighted by Crippen LogP contribution is -2.45. The zero-order chi connectivity index (χ0) is 19.1. The van der Waals surface area contributed by atoms with E-state index >= 15 is 0 Å². The molecule has 27 heavy (non-hydrogen) atoms. The first-order chi connectivity index (χ1) is 13.1. The number of methoxy groups -OCH3 is 2. The Morgan fingerprint density at radius 1 is 1.15 bits per heavy atom. The van der Waals surface area contributed by atoms with Gasteiger partial charge in [-0.3, -0.25) is 4.79 Å². The van der Waals surface area contributed by atoms with Crippen LogP contribution < -0.4 is 19.9 Å². The fourth-order valence-electron chi connectivity index (χ4n) is 3.61. The molecule has 1 N–H and O–H groups in total. The summed E-state index contributed by atoms with van der Waals surface area (Å²) >= 11 is 0. The molecule has 1 aliphatic carbocycles. The molecule has 140 valence electrons. The van der Waals surface area contributed by atoms with Crippen molar-refractivity contribution in [3.05, 3.63) is 53.1 Å². The largest absolute Gasteiger partial charge is 0.545 e. The summed E-state index contributed by atoms with van der Waals surface area (Å²) in [6, 6.07) is 10.6. The molecule has 1 heterocycles. The fraction of sp³-hybridized carbons (Fsp3) is 0.300. The number of rotatable bonds is 5. The number of amides is 1. The predicted molar refractivity (Wildman–Crippen MR) is 95.9 cm³/mol. The third-order valence-electron chi connectivity index (χ3n) is 4.98. The van der Waals surface area contributed by atoms with Gasteiger partial charge in [0.05, 0.1) is 31.3 Å². The van der Waals surface area contributed by atoms with E-state index < -0.39 is 12.1 Å². The number of carboxylic acid groups (broad SMARTS) is 1.